The lowest BCUT2D eigenvalue weighted by Gasteiger charge is -2.00. The summed E-state index contributed by atoms with van der Waals surface area (Å²) in [7, 11) is 0. The molecule has 0 aliphatic carbocycles. The van der Waals surface area contributed by atoms with Crippen molar-refractivity contribution in [3.05, 3.63) is 0 Å². The smallest absolute Gasteiger partial charge is 0.425 e. The Labute approximate surface area is 86.3 Å². The molecule has 0 aromatic carbocycles. The van der Waals surface area contributed by atoms with Gasteiger partial charge in [-0.3, -0.25) is 9.59 Å². The molecule has 0 heterocycles. The second-order valence-electron chi connectivity index (χ2n) is 2.36. The van der Waals surface area contributed by atoms with Crippen LogP contribution >= 0.6 is 0 Å². The summed E-state index contributed by atoms with van der Waals surface area (Å²) < 4.78 is 8.26. The van der Waals surface area contributed by atoms with Gasteiger partial charge < -0.3 is 15.6 Å². The van der Waals surface area contributed by atoms with E-state index in [0.717, 1.165) is 6.92 Å². The van der Waals surface area contributed by atoms with Gasteiger partial charge in [-0.05, 0) is 13.8 Å². The third kappa shape index (κ3) is 7.32. The summed E-state index contributed by atoms with van der Waals surface area (Å²) in [6.45, 7) is 2.67. The second-order valence-corrected chi connectivity index (χ2v) is 2.36. The molecule has 0 aliphatic rings. The Kier molecular flexibility index (Phi) is 7.98. The molecule has 0 saturated carbocycles. The number of carbonyl (C=O) groups is 4. The SMILES string of the molecule is CCOC(=O)C(=O)OC(=O)CC(C)=O.N. The van der Waals surface area contributed by atoms with Gasteiger partial charge in [0.2, 0.25) is 0 Å². The van der Waals surface area contributed by atoms with Crippen molar-refractivity contribution in [3.63, 3.8) is 0 Å². The highest BCUT2D eigenvalue weighted by molar-refractivity contribution is 6.31. The first-order valence-corrected chi connectivity index (χ1v) is 3.88. The summed E-state index contributed by atoms with van der Waals surface area (Å²) in [6, 6.07) is 0. The van der Waals surface area contributed by atoms with Crippen molar-refractivity contribution >= 4 is 23.7 Å². The molecule has 0 aromatic rings. The van der Waals surface area contributed by atoms with E-state index in [1.54, 1.807) is 0 Å². The first-order chi connectivity index (χ1) is 6.47. The molecule has 0 aliphatic heterocycles. The van der Waals surface area contributed by atoms with Crippen LogP contribution in [-0.2, 0) is 28.7 Å². The zero-order valence-electron chi connectivity index (χ0n) is 8.57. The summed E-state index contributed by atoms with van der Waals surface area (Å²) in [5.74, 6) is -4.16. The Morgan fingerprint density at radius 2 is 1.60 bits per heavy atom. The van der Waals surface area contributed by atoms with Crippen LogP contribution in [0.25, 0.3) is 0 Å². The second kappa shape index (κ2) is 7.63. The molecule has 7 heteroatoms. The molecule has 0 aromatic heterocycles. The maximum atomic E-state index is 10.7. The first-order valence-electron chi connectivity index (χ1n) is 3.88. The summed E-state index contributed by atoms with van der Waals surface area (Å²) in [5, 5.41) is 0. The van der Waals surface area contributed by atoms with Crippen molar-refractivity contribution in [2.45, 2.75) is 20.3 Å². The molecule has 15 heavy (non-hydrogen) atoms. The van der Waals surface area contributed by atoms with Gasteiger partial charge in [-0.2, -0.15) is 0 Å². The van der Waals surface area contributed by atoms with E-state index in [9.17, 15) is 19.2 Å². The molecule has 0 unspecified atom stereocenters. The quantitative estimate of drug-likeness (QED) is 0.394. The fraction of sp³-hybridized carbons (Fsp3) is 0.500. The van der Waals surface area contributed by atoms with E-state index in [2.05, 4.69) is 9.47 Å². The predicted molar refractivity (Wildman–Crippen MR) is 48.1 cm³/mol. The van der Waals surface area contributed by atoms with Crippen LogP contribution in [0.3, 0.4) is 0 Å². The highest BCUT2D eigenvalue weighted by Gasteiger charge is 2.21. The van der Waals surface area contributed by atoms with Gasteiger partial charge in [-0.25, -0.2) is 9.59 Å². The molecule has 0 radical (unpaired) electrons. The summed E-state index contributed by atoms with van der Waals surface area (Å²) >= 11 is 0. The Morgan fingerprint density at radius 3 is 2.00 bits per heavy atom. The van der Waals surface area contributed by atoms with Crippen molar-refractivity contribution in [1.29, 1.82) is 0 Å². The molecule has 0 atom stereocenters. The van der Waals surface area contributed by atoms with Crippen molar-refractivity contribution < 1.29 is 28.7 Å². The lowest BCUT2D eigenvalue weighted by molar-refractivity contribution is -0.173. The monoisotopic (exact) mass is 219 g/mol. The molecular weight excluding hydrogens is 206 g/mol. The Balaban J connectivity index is 0. The van der Waals surface area contributed by atoms with Crippen LogP contribution in [0, 0.1) is 0 Å². The zero-order valence-corrected chi connectivity index (χ0v) is 8.57. The van der Waals surface area contributed by atoms with E-state index in [1.165, 1.54) is 6.92 Å². The van der Waals surface area contributed by atoms with Crippen molar-refractivity contribution in [2.24, 2.45) is 0 Å². The third-order valence-corrected chi connectivity index (χ3v) is 1.04. The lowest BCUT2D eigenvalue weighted by atomic mass is 10.3. The number of hydrogen-bond donors (Lipinski definition) is 1. The Hall–Kier alpha value is -1.76. The third-order valence-electron chi connectivity index (χ3n) is 1.04. The van der Waals surface area contributed by atoms with Gasteiger partial charge in [-0.1, -0.05) is 0 Å². The standard InChI is InChI=1S/C8H10O6.H3N/c1-3-13-7(11)8(12)14-6(10)4-5(2)9;/h3-4H2,1-2H3;1H3. The molecule has 7 nitrogen and oxygen atoms in total. The van der Waals surface area contributed by atoms with E-state index in [1.807, 2.05) is 0 Å². The maximum Gasteiger partial charge on any atom is 0.425 e. The highest BCUT2D eigenvalue weighted by atomic mass is 16.6. The number of ketones is 1. The number of ether oxygens (including phenoxy) is 2. The fourth-order valence-electron chi connectivity index (χ4n) is 0.574. The van der Waals surface area contributed by atoms with E-state index in [4.69, 9.17) is 0 Å². The Bertz CT molecular complexity index is 272. The molecule has 0 saturated heterocycles. The van der Waals surface area contributed by atoms with Crippen LogP contribution in [0.4, 0.5) is 0 Å². The summed E-state index contributed by atoms with van der Waals surface area (Å²) in [6.07, 6.45) is -0.537. The van der Waals surface area contributed by atoms with Gasteiger partial charge in [0.05, 0.1) is 6.61 Å². The fourth-order valence-corrected chi connectivity index (χ4v) is 0.574. The Morgan fingerprint density at radius 1 is 1.07 bits per heavy atom. The molecule has 0 spiro atoms. The largest absolute Gasteiger partial charge is 0.458 e. The van der Waals surface area contributed by atoms with E-state index in [-0.39, 0.29) is 12.8 Å². The number of esters is 3. The van der Waals surface area contributed by atoms with Gasteiger partial charge in [-0.15, -0.1) is 0 Å². The maximum absolute atomic E-state index is 10.7. The molecule has 3 N–H and O–H groups in total. The summed E-state index contributed by atoms with van der Waals surface area (Å²) in [4.78, 5) is 42.4. The van der Waals surface area contributed by atoms with Crippen LogP contribution < -0.4 is 6.15 Å². The average molecular weight is 219 g/mol. The van der Waals surface area contributed by atoms with Crippen molar-refractivity contribution in [2.75, 3.05) is 6.61 Å². The van der Waals surface area contributed by atoms with Gasteiger partial charge in [0.15, 0.2) is 0 Å². The van der Waals surface area contributed by atoms with Crippen LogP contribution in [0.5, 0.6) is 0 Å². The minimum atomic E-state index is -1.40. The normalized spacial score (nSPS) is 8.40. The lowest BCUT2D eigenvalue weighted by Crippen LogP contribution is -2.24. The highest BCUT2D eigenvalue weighted by Crippen LogP contribution is 1.91. The number of rotatable bonds is 3. The van der Waals surface area contributed by atoms with E-state index >= 15 is 0 Å². The predicted octanol–water partition coefficient (Wildman–Crippen LogP) is -0.240. The molecule has 0 bridgehead atoms. The molecule has 0 fully saturated rings. The summed E-state index contributed by atoms with van der Waals surface area (Å²) in [5.41, 5.74) is 0. The molecule has 0 amide bonds. The topological polar surface area (TPSA) is 122 Å². The first kappa shape index (κ1) is 15.7. The van der Waals surface area contributed by atoms with Gasteiger partial charge >= 0.3 is 17.9 Å². The van der Waals surface area contributed by atoms with Gasteiger partial charge in [0.1, 0.15) is 12.2 Å². The van der Waals surface area contributed by atoms with Crippen LogP contribution in [0.15, 0.2) is 0 Å². The van der Waals surface area contributed by atoms with Crippen molar-refractivity contribution in [3.8, 4) is 0 Å². The number of Topliss-reactive ketones (excluding diaryl/α,β-unsaturated/α-hetero) is 1. The number of hydrogen-bond acceptors (Lipinski definition) is 7. The van der Waals surface area contributed by atoms with Crippen molar-refractivity contribution in [1.82, 2.24) is 6.15 Å². The minimum Gasteiger partial charge on any atom is -0.458 e. The molecule has 0 rings (SSSR count). The van der Waals surface area contributed by atoms with Crippen LogP contribution in [-0.4, -0.2) is 30.3 Å². The van der Waals surface area contributed by atoms with E-state index < -0.39 is 30.1 Å². The van der Waals surface area contributed by atoms with Crippen LogP contribution in [0.1, 0.15) is 20.3 Å². The molecule has 86 valence electrons. The van der Waals surface area contributed by atoms with Gasteiger partial charge in [0.25, 0.3) is 0 Å². The minimum absolute atomic E-state index is 0. The van der Waals surface area contributed by atoms with Crippen LogP contribution in [0.2, 0.25) is 0 Å². The van der Waals surface area contributed by atoms with E-state index in [0.29, 0.717) is 0 Å². The average Bonchev–Trinajstić information content (AvgIpc) is 2.02. The number of carbonyl (C=O) groups excluding carboxylic acids is 4. The zero-order chi connectivity index (χ0) is 11.1. The molecular formula is C8H13NO6. The van der Waals surface area contributed by atoms with Gasteiger partial charge in [0, 0.05) is 0 Å².